The van der Waals surface area contributed by atoms with Crippen molar-refractivity contribution >= 4 is 37.1 Å². The Balaban J connectivity index is -0.000000102. The third-order valence-corrected chi connectivity index (χ3v) is 1.46. The summed E-state index contributed by atoms with van der Waals surface area (Å²) < 4.78 is 0. The van der Waals surface area contributed by atoms with E-state index in [1.54, 1.807) is 0 Å². The predicted molar refractivity (Wildman–Crippen MR) is 101 cm³/mol. The van der Waals surface area contributed by atoms with Gasteiger partial charge in [0.05, 0.1) is 0 Å². The monoisotopic (exact) mass is 400 g/mol. The first-order valence-corrected chi connectivity index (χ1v) is 12.5. The molecule has 0 atom stereocenters. The molecule has 0 fully saturated rings. The average molecular weight is 400 g/mol. The van der Waals surface area contributed by atoms with E-state index < -0.39 is 13.4 Å². The Labute approximate surface area is 145 Å². The van der Waals surface area contributed by atoms with E-state index in [4.69, 9.17) is 29.4 Å². The van der Waals surface area contributed by atoms with Crippen molar-refractivity contribution in [1.82, 2.24) is 0 Å². The number of hydrogen-bond acceptors (Lipinski definition) is 2. The lowest BCUT2D eigenvalue weighted by Crippen LogP contribution is -1.73. The molecule has 0 aliphatic rings. The van der Waals surface area contributed by atoms with Crippen LogP contribution in [0.4, 0.5) is 0 Å². The highest BCUT2D eigenvalue weighted by molar-refractivity contribution is 8.06. The molecule has 0 radical (unpaired) electrons. The van der Waals surface area contributed by atoms with E-state index in [0.717, 1.165) is 5.92 Å². The van der Waals surface area contributed by atoms with Gasteiger partial charge >= 0.3 is 13.4 Å². The molecule has 0 heterocycles. The van der Waals surface area contributed by atoms with Crippen molar-refractivity contribution in [2.45, 2.75) is 73.1 Å². The highest BCUT2D eigenvalue weighted by Gasteiger charge is 1.92. The maximum atomic E-state index is 7.56. The topological polar surface area (TPSA) is 121 Å². The zero-order valence-corrected chi connectivity index (χ0v) is 17.6. The Bertz CT molecular complexity index is 246. The van der Waals surface area contributed by atoms with Gasteiger partial charge in [-0.1, -0.05) is 73.1 Å². The molecule has 6 nitrogen and oxygen atoms in total. The molecule has 0 amide bonds. The molecule has 0 saturated heterocycles. The lowest BCUT2D eigenvalue weighted by atomic mass is 10.1. The number of rotatable bonds is 5. The van der Waals surface area contributed by atoms with E-state index in [-0.39, 0.29) is 0 Å². The highest BCUT2D eigenvalue weighted by Crippen LogP contribution is 2.26. The maximum absolute atomic E-state index is 7.56. The van der Waals surface area contributed by atoms with Gasteiger partial charge in [0.15, 0.2) is 0 Å². The second kappa shape index (κ2) is 20.1. The Hall–Kier alpha value is 1.06. The lowest BCUT2D eigenvalue weighted by Gasteiger charge is -1.93. The van der Waals surface area contributed by atoms with Gasteiger partial charge in [0, 0.05) is 0 Å². The van der Waals surface area contributed by atoms with Gasteiger partial charge in [-0.25, -0.2) is 0 Å². The smallest absolute Gasteiger partial charge is 0.319 e. The van der Waals surface area contributed by atoms with Crippen molar-refractivity contribution < 1.29 is 29.4 Å². The van der Waals surface area contributed by atoms with Crippen LogP contribution < -0.4 is 0 Å². The van der Waals surface area contributed by atoms with Gasteiger partial charge in [-0.3, -0.25) is 0 Å². The first-order valence-electron chi connectivity index (χ1n) is 7.21. The standard InChI is InChI=1S/C8H18.C4H10.2H3O3PS/c1-3-5-7-8-6-4-2;1-4(2)3;2*1-4(2,3)5/h3-8H2,1-2H3;4H,1-3H3;2*(H3,1,2,3,5). The van der Waals surface area contributed by atoms with Crippen LogP contribution >= 0.6 is 13.4 Å². The van der Waals surface area contributed by atoms with E-state index in [0.29, 0.717) is 0 Å². The molecule has 0 spiro atoms. The maximum Gasteiger partial charge on any atom is 0.319 e. The fraction of sp³-hybridized carbons (Fsp3) is 1.00. The van der Waals surface area contributed by atoms with Crippen LogP contribution in [0.15, 0.2) is 0 Å². The van der Waals surface area contributed by atoms with Gasteiger partial charge < -0.3 is 29.4 Å². The van der Waals surface area contributed by atoms with Gasteiger partial charge in [-0.05, 0) is 29.5 Å². The highest BCUT2D eigenvalue weighted by atomic mass is 32.5. The molecule has 0 rings (SSSR count). The Morgan fingerprint density at radius 1 is 0.636 bits per heavy atom. The zero-order chi connectivity index (χ0) is 18.8. The third-order valence-electron chi connectivity index (χ3n) is 1.46. The van der Waals surface area contributed by atoms with Gasteiger partial charge in [0.25, 0.3) is 0 Å². The number of hydrogen-bond donors (Lipinski definition) is 6. The summed E-state index contributed by atoms with van der Waals surface area (Å²) in [4.78, 5) is 45.3. The lowest BCUT2D eigenvalue weighted by molar-refractivity contribution is 0.361. The van der Waals surface area contributed by atoms with E-state index >= 15 is 0 Å². The summed E-state index contributed by atoms with van der Waals surface area (Å²) in [6.07, 6.45) is 8.49. The van der Waals surface area contributed by atoms with Crippen molar-refractivity contribution in [2.24, 2.45) is 5.92 Å². The van der Waals surface area contributed by atoms with Crippen LogP contribution in [0.25, 0.3) is 0 Å². The zero-order valence-electron chi connectivity index (χ0n) is 14.2. The summed E-state index contributed by atoms with van der Waals surface area (Å²) in [6.45, 7) is 3.40. The molecule has 0 aromatic heterocycles. The van der Waals surface area contributed by atoms with Gasteiger partial charge in [0.2, 0.25) is 0 Å². The van der Waals surface area contributed by atoms with Crippen molar-refractivity contribution in [3.8, 4) is 0 Å². The van der Waals surface area contributed by atoms with Gasteiger partial charge in [-0.2, -0.15) is 0 Å². The summed E-state index contributed by atoms with van der Waals surface area (Å²) in [5, 5.41) is 0. The van der Waals surface area contributed by atoms with Gasteiger partial charge in [0.1, 0.15) is 0 Å². The van der Waals surface area contributed by atoms with Crippen molar-refractivity contribution in [3.05, 3.63) is 0 Å². The molecule has 6 N–H and O–H groups in total. The summed E-state index contributed by atoms with van der Waals surface area (Å²) in [6, 6.07) is 0. The average Bonchev–Trinajstić information content (AvgIpc) is 2.19. The first kappa shape index (κ1) is 30.9. The largest absolute Gasteiger partial charge is 0.325 e. The first-order chi connectivity index (χ1) is 9.65. The molecule has 0 aromatic rings. The Morgan fingerprint density at radius 2 is 0.773 bits per heavy atom. The van der Waals surface area contributed by atoms with Crippen LogP contribution in [0.1, 0.15) is 73.1 Å². The number of unbranched alkanes of at least 4 members (excludes halogenated alkanes) is 5. The van der Waals surface area contributed by atoms with Crippen LogP contribution in [0, 0.1) is 5.92 Å². The predicted octanol–water partition coefficient (Wildman–Crippen LogP) is 3.40. The second-order valence-corrected chi connectivity index (χ2v) is 10.2. The SMILES string of the molecule is CC(C)C.CCCCCCCC.OP(O)(O)=S.OP(O)(O)=S. The summed E-state index contributed by atoms with van der Waals surface area (Å²) in [5.74, 6) is 0.833. The molecule has 22 heavy (non-hydrogen) atoms. The van der Waals surface area contributed by atoms with Crippen molar-refractivity contribution in [1.29, 1.82) is 0 Å². The van der Waals surface area contributed by atoms with E-state index in [9.17, 15) is 0 Å². The fourth-order valence-electron chi connectivity index (χ4n) is 0.854. The quantitative estimate of drug-likeness (QED) is 0.307. The second-order valence-electron chi connectivity index (χ2n) is 5.17. The van der Waals surface area contributed by atoms with Crippen molar-refractivity contribution in [3.63, 3.8) is 0 Å². The van der Waals surface area contributed by atoms with Crippen LogP contribution in [0.5, 0.6) is 0 Å². The minimum absolute atomic E-state index is 0.833. The summed E-state index contributed by atoms with van der Waals surface area (Å²) >= 11 is 7.21. The molecule has 0 saturated carbocycles. The van der Waals surface area contributed by atoms with E-state index in [1.807, 2.05) is 0 Å². The molecule has 10 heteroatoms. The minimum Gasteiger partial charge on any atom is -0.325 e. The molecule has 140 valence electrons. The van der Waals surface area contributed by atoms with E-state index in [2.05, 4.69) is 58.2 Å². The third kappa shape index (κ3) is 231. The van der Waals surface area contributed by atoms with Crippen LogP contribution in [-0.4, -0.2) is 29.4 Å². The van der Waals surface area contributed by atoms with Crippen LogP contribution in [-0.2, 0) is 23.6 Å². The Morgan fingerprint density at radius 3 is 0.864 bits per heavy atom. The molecule has 0 aliphatic heterocycles. The van der Waals surface area contributed by atoms with Crippen molar-refractivity contribution in [2.75, 3.05) is 0 Å². The Kier molecular flexibility index (Phi) is 28.2. The molecule has 0 bridgehead atoms. The molecule has 0 aromatic carbocycles. The molecular weight excluding hydrogens is 366 g/mol. The summed E-state index contributed by atoms with van der Waals surface area (Å²) in [7, 11) is 0. The van der Waals surface area contributed by atoms with Gasteiger partial charge in [-0.15, -0.1) is 0 Å². The minimum atomic E-state index is -3.81. The normalized spacial score (nSPS) is 10.5. The molecular formula is C12H34O6P2S2. The molecule has 0 aliphatic carbocycles. The van der Waals surface area contributed by atoms with Crippen LogP contribution in [0.3, 0.4) is 0 Å². The van der Waals surface area contributed by atoms with Crippen LogP contribution in [0.2, 0.25) is 0 Å². The van der Waals surface area contributed by atoms with E-state index in [1.165, 1.54) is 38.5 Å². The summed E-state index contributed by atoms with van der Waals surface area (Å²) in [5.41, 5.74) is 0. The fourth-order valence-corrected chi connectivity index (χ4v) is 0.854. The molecule has 0 unspecified atom stereocenters.